The zero-order valence-electron chi connectivity index (χ0n) is 15.6. The number of likely N-dealkylation sites (tertiary alicyclic amines) is 1. The lowest BCUT2D eigenvalue weighted by atomic mass is 9.90. The normalized spacial score (nSPS) is 16.1. The van der Waals surface area contributed by atoms with Gasteiger partial charge in [-0.3, -0.25) is 9.88 Å². The maximum Gasteiger partial charge on any atom is 0.0923 e. The second-order valence-electron chi connectivity index (χ2n) is 6.62. The highest BCUT2D eigenvalue weighted by atomic mass is 32.2. The highest BCUT2D eigenvalue weighted by molar-refractivity contribution is 7.99. The van der Waals surface area contributed by atoms with Crippen molar-refractivity contribution in [3.8, 4) is 0 Å². The Bertz CT molecular complexity index is 756. The first-order valence-electron chi connectivity index (χ1n) is 9.13. The van der Waals surface area contributed by atoms with Crippen LogP contribution in [0.5, 0.6) is 0 Å². The molecule has 0 aliphatic carbocycles. The van der Waals surface area contributed by atoms with Crippen LogP contribution in [-0.4, -0.2) is 35.8 Å². The summed E-state index contributed by atoms with van der Waals surface area (Å²) in [7, 11) is 0. The Morgan fingerprint density at radius 1 is 1.26 bits per heavy atom. The Morgan fingerprint density at radius 3 is 2.74 bits per heavy atom. The molecular weight excluding hydrogens is 356 g/mol. The van der Waals surface area contributed by atoms with Gasteiger partial charge in [-0.05, 0) is 55.6 Å². The van der Waals surface area contributed by atoms with Crippen LogP contribution in [0.2, 0.25) is 0 Å². The number of nitrogens with zero attached hydrogens (tertiary/aromatic N) is 3. The van der Waals surface area contributed by atoms with Gasteiger partial charge in [-0.15, -0.1) is 0 Å². The summed E-state index contributed by atoms with van der Waals surface area (Å²) < 4.78 is 3.25. The number of rotatable bonds is 8. The monoisotopic (exact) mass is 382 g/mol. The van der Waals surface area contributed by atoms with E-state index in [1.807, 2.05) is 55.2 Å². The molecule has 1 aliphatic heterocycles. The molecular formula is C20H26N6S. The Kier molecular flexibility index (Phi) is 7.24. The van der Waals surface area contributed by atoms with Crippen molar-refractivity contribution >= 4 is 23.3 Å². The molecule has 6 nitrogen and oxygen atoms in total. The summed E-state index contributed by atoms with van der Waals surface area (Å²) in [5.74, 6) is 0.542. The van der Waals surface area contributed by atoms with Gasteiger partial charge >= 0.3 is 0 Å². The van der Waals surface area contributed by atoms with E-state index in [0.29, 0.717) is 12.5 Å². The molecule has 2 aromatic rings. The van der Waals surface area contributed by atoms with Crippen molar-refractivity contribution in [1.82, 2.24) is 9.88 Å². The standard InChI is InChI=1S/C20H26N6S/c1-27-25-19-11-17(12-22-13-19)16-7-9-26(10-8-16)15-20(24-21)14-23-18-5-3-2-4-6-18/h2-6,11-14,16,21,23,25H,7-10,15H2,1H3/b20-14-,24-21?. The topological polar surface area (TPSA) is 76.4 Å². The molecule has 27 heavy (non-hydrogen) atoms. The maximum absolute atomic E-state index is 7.45. The Labute approximate surface area is 165 Å². The van der Waals surface area contributed by atoms with Crippen molar-refractivity contribution in [2.45, 2.75) is 18.8 Å². The summed E-state index contributed by atoms with van der Waals surface area (Å²) in [5.41, 5.74) is 11.6. The molecule has 142 valence electrons. The molecule has 0 saturated carbocycles. The van der Waals surface area contributed by atoms with Crippen LogP contribution in [0.1, 0.15) is 24.3 Å². The minimum absolute atomic E-state index is 0.542. The van der Waals surface area contributed by atoms with Crippen molar-refractivity contribution in [3.05, 3.63) is 66.3 Å². The van der Waals surface area contributed by atoms with Crippen molar-refractivity contribution < 1.29 is 0 Å². The van der Waals surface area contributed by atoms with Gasteiger partial charge in [-0.25, -0.2) is 5.53 Å². The molecule has 0 amide bonds. The molecule has 0 radical (unpaired) electrons. The molecule has 1 saturated heterocycles. The zero-order chi connectivity index (χ0) is 18.9. The lowest BCUT2D eigenvalue weighted by molar-refractivity contribution is 0.227. The number of anilines is 2. The summed E-state index contributed by atoms with van der Waals surface area (Å²) in [6, 6.07) is 12.2. The first kappa shape index (κ1) is 19.4. The summed E-state index contributed by atoms with van der Waals surface area (Å²) in [5, 5.41) is 6.91. The van der Waals surface area contributed by atoms with Gasteiger partial charge in [0.05, 0.1) is 17.6 Å². The molecule has 2 heterocycles. The van der Waals surface area contributed by atoms with Gasteiger partial charge in [-0.1, -0.05) is 30.1 Å². The fraction of sp³-hybridized carbons (Fsp3) is 0.350. The van der Waals surface area contributed by atoms with Gasteiger partial charge in [-0.2, -0.15) is 5.11 Å². The number of aromatic nitrogens is 1. The van der Waals surface area contributed by atoms with Crippen LogP contribution in [0.3, 0.4) is 0 Å². The fourth-order valence-corrected chi connectivity index (χ4v) is 3.67. The fourth-order valence-electron chi connectivity index (χ4n) is 3.32. The molecule has 1 aromatic carbocycles. The number of hydrogen-bond donors (Lipinski definition) is 3. The maximum atomic E-state index is 7.45. The first-order chi connectivity index (χ1) is 13.3. The molecule has 1 aromatic heterocycles. The Hall–Kier alpha value is -2.38. The molecule has 0 atom stereocenters. The summed E-state index contributed by atoms with van der Waals surface area (Å²) in [6.07, 6.45) is 9.89. The van der Waals surface area contributed by atoms with Crippen molar-refractivity contribution in [3.63, 3.8) is 0 Å². The predicted molar refractivity (Wildman–Crippen MR) is 113 cm³/mol. The number of benzene rings is 1. The van der Waals surface area contributed by atoms with E-state index >= 15 is 0 Å². The third kappa shape index (κ3) is 5.80. The minimum Gasteiger partial charge on any atom is -0.360 e. The van der Waals surface area contributed by atoms with Crippen LogP contribution in [0.4, 0.5) is 11.4 Å². The van der Waals surface area contributed by atoms with E-state index in [4.69, 9.17) is 5.53 Å². The highest BCUT2D eigenvalue weighted by Gasteiger charge is 2.21. The van der Waals surface area contributed by atoms with E-state index in [1.165, 1.54) is 5.56 Å². The summed E-state index contributed by atoms with van der Waals surface area (Å²) in [4.78, 5) is 6.73. The smallest absolute Gasteiger partial charge is 0.0923 e. The molecule has 1 aliphatic rings. The van der Waals surface area contributed by atoms with Crippen LogP contribution < -0.4 is 10.0 Å². The van der Waals surface area contributed by atoms with Crippen LogP contribution in [-0.2, 0) is 0 Å². The van der Waals surface area contributed by atoms with Gasteiger partial charge in [0.1, 0.15) is 0 Å². The number of hydrogen-bond acceptors (Lipinski definition) is 7. The molecule has 0 spiro atoms. The van der Waals surface area contributed by atoms with E-state index < -0.39 is 0 Å². The summed E-state index contributed by atoms with van der Waals surface area (Å²) >= 11 is 1.58. The third-order valence-electron chi connectivity index (χ3n) is 4.75. The number of pyridine rings is 1. The SMILES string of the molecule is CSNc1cncc(C2CCN(C/C(=C/Nc3ccccc3)N=N)CC2)c1. The number of piperidine rings is 1. The number of nitrogens with one attached hydrogen (secondary N) is 3. The predicted octanol–water partition coefficient (Wildman–Crippen LogP) is 4.94. The minimum atomic E-state index is 0.542. The second kappa shape index (κ2) is 10.1. The van der Waals surface area contributed by atoms with E-state index in [1.54, 1.807) is 11.9 Å². The molecule has 3 N–H and O–H groups in total. The lowest BCUT2D eigenvalue weighted by Gasteiger charge is -2.32. The van der Waals surface area contributed by atoms with Gasteiger partial charge in [0.15, 0.2) is 0 Å². The van der Waals surface area contributed by atoms with E-state index in [0.717, 1.165) is 43.0 Å². The average molecular weight is 383 g/mol. The largest absolute Gasteiger partial charge is 0.360 e. The highest BCUT2D eigenvalue weighted by Crippen LogP contribution is 2.29. The molecule has 3 rings (SSSR count). The number of para-hydroxylation sites is 1. The van der Waals surface area contributed by atoms with E-state index in [2.05, 4.69) is 31.1 Å². The van der Waals surface area contributed by atoms with Crippen LogP contribution in [0.15, 0.2) is 65.8 Å². The van der Waals surface area contributed by atoms with Crippen molar-refractivity contribution in [1.29, 1.82) is 5.53 Å². The van der Waals surface area contributed by atoms with E-state index in [9.17, 15) is 0 Å². The van der Waals surface area contributed by atoms with E-state index in [-0.39, 0.29) is 0 Å². The van der Waals surface area contributed by atoms with Crippen LogP contribution in [0, 0.1) is 5.53 Å². The molecule has 7 heteroatoms. The van der Waals surface area contributed by atoms with Crippen molar-refractivity contribution in [2.24, 2.45) is 5.11 Å². The van der Waals surface area contributed by atoms with Crippen LogP contribution in [0.25, 0.3) is 0 Å². The Balaban J connectivity index is 1.52. The molecule has 1 fully saturated rings. The average Bonchev–Trinajstić information content (AvgIpc) is 2.73. The third-order valence-corrected chi connectivity index (χ3v) is 5.19. The van der Waals surface area contributed by atoms with Gasteiger partial charge in [0.2, 0.25) is 0 Å². The van der Waals surface area contributed by atoms with Crippen molar-refractivity contribution in [2.75, 3.05) is 35.9 Å². The van der Waals surface area contributed by atoms with Gasteiger partial charge in [0, 0.05) is 30.9 Å². The first-order valence-corrected chi connectivity index (χ1v) is 10.4. The van der Waals surface area contributed by atoms with Gasteiger partial charge in [0.25, 0.3) is 0 Å². The zero-order valence-corrected chi connectivity index (χ0v) is 16.4. The van der Waals surface area contributed by atoms with Gasteiger partial charge < -0.3 is 10.0 Å². The lowest BCUT2D eigenvalue weighted by Crippen LogP contribution is -2.34. The second-order valence-corrected chi connectivity index (χ2v) is 7.23. The van der Waals surface area contributed by atoms with Crippen LogP contribution >= 0.6 is 11.9 Å². The summed E-state index contributed by atoms with van der Waals surface area (Å²) in [6.45, 7) is 2.70. The Morgan fingerprint density at radius 2 is 2.04 bits per heavy atom. The quantitative estimate of drug-likeness (QED) is 0.445. The molecule has 0 bridgehead atoms. The molecule has 0 unspecified atom stereocenters.